The van der Waals surface area contributed by atoms with Crippen LogP contribution >= 0.6 is 12.2 Å². The van der Waals surface area contributed by atoms with Gasteiger partial charge in [0.15, 0.2) is 16.3 Å². The molecule has 0 saturated heterocycles. The molecule has 5 aromatic rings. The fraction of sp³-hybridized carbons (Fsp3) is 0.0714. The van der Waals surface area contributed by atoms with Gasteiger partial charge in [0.1, 0.15) is 0 Å². The van der Waals surface area contributed by atoms with Gasteiger partial charge in [0.05, 0.1) is 5.92 Å². The molecule has 0 atom stereocenters. The topological polar surface area (TPSA) is 80.0 Å². The molecule has 0 aliphatic rings. The average Bonchev–Trinajstić information content (AvgIpc) is 3.34. The van der Waals surface area contributed by atoms with Gasteiger partial charge in [-0.05, 0) is 53.2 Å². The summed E-state index contributed by atoms with van der Waals surface area (Å²) in [5.41, 5.74) is 4.91. The molecule has 5 rings (SSSR count). The van der Waals surface area contributed by atoms with E-state index in [4.69, 9.17) is 16.6 Å². The van der Waals surface area contributed by atoms with E-state index in [9.17, 15) is 4.79 Å². The van der Waals surface area contributed by atoms with Crippen LogP contribution in [-0.4, -0.2) is 21.0 Å². The van der Waals surface area contributed by atoms with E-state index in [1.165, 1.54) is 0 Å². The fourth-order valence-corrected chi connectivity index (χ4v) is 4.03. The van der Waals surface area contributed by atoms with Crippen LogP contribution in [0.25, 0.3) is 22.7 Å². The number of carbonyl (C=O) groups excluding carboxylic acids is 1. The lowest BCUT2D eigenvalue weighted by atomic mass is 9.90. The van der Waals surface area contributed by atoms with E-state index in [1.54, 1.807) is 6.20 Å². The van der Waals surface area contributed by atoms with Gasteiger partial charge in [-0.2, -0.15) is 4.98 Å². The average molecular weight is 479 g/mol. The number of hydrogen-bond donors (Lipinski definition) is 2. The second-order valence-corrected chi connectivity index (χ2v) is 8.38. The molecule has 0 bridgehead atoms. The fourth-order valence-electron chi connectivity index (χ4n) is 3.85. The number of nitrogens with zero attached hydrogens (tertiary/aromatic N) is 2. The number of pyridine rings is 1. The molecule has 172 valence electrons. The molecule has 1 amide bonds. The molecule has 2 heterocycles. The number of amides is 1. The first-order valence-corrected chi connectivity index (χ1v) is 11.6. The molecule has 0 aliphatic heterocycles. The van der Waals surface area contributed by atoms with Crippen molar-refractivity contribution in [1.82, 2.24) is 20.6 Å². The summed E-state index contributed by atoms with van der Waals surface area (Å²) in [7, 11) is 0. The lowest BCUT2D eigenvalue weighted by Crippen LogP contribution is -2.41. The summed E-state index contributed by atoms with van der Waals surface area (Å²) >= 11 is 5.41. The van der Waals surface area contributed by atoms with E-state index in [1.807, 2.05) is 97.1 Å². The molecule has 6 nitrogen and oxygen atoms in total. The van der Waals surface area contributed by atoms with E-state index in [0.717, 1.165) is 22.3 Å². The Morgan fingerprint density at radius 2 is 1.51 bits per heavy atom. The Hall–Kier alpha value is -4.36. The first kappa shape index (κ1) is 22.4. The van der Waals surface area contributed by atoms with Gasteiger partial charge >= 0.3 is 0 Å². The van der Waals surface area contributed by atoms with E-state index in [2.05, 4.69) is 20.6 Å². The van der Waals surface area contributed by atoms with E-state index in [0.29, 0.717) is 23.7 Å². The second-order valence-electron chi connectivity index (χ2n) is 7.97. The number of thiocarbonyl (C=S) groups is 1. The Kier molecular flexibility index (Phi) is 6.59. The number of benzene rings is 3. The highest BCUT2D eigenvalue weighted by Crippen LogP contribution is 2.25. The van der Waals surface area contributed by atoms with Gasteiger partial charge in [0.2, 0.25) is 11.8 Å². The SMILES string of the molecule is O=C(NC(=S)NCc1ccc(-c2nc3ncccc3o2)cc1)C(c1ccccc1)c1ccccc1. The maximum absolute atomic E-state index is 13.2. The van der Waals surface area contributed by atoms with Crippen molar-refractivity contribution in [2.45, 2.75) is 12.5 Å². The van der Waals surface area contributed by atoms with E-state index in [-0.39, 0.29) is 11.0 Å². The third kappa shape index (κ3) is 5.26. The van der Waals surface area contributed by atoms with Gasteiger partial charge in [0.25, 0.3) is 0 Å². The highest BCUT2D eigenvalue weighted by molar-refractivity contribution is 7.80. The number of aromatic nitrogens is 2. The first-order chi connectivity index (χ1) is 17.2. The molecule has 0 unspecified atom stereocenters. The van der Waals surface area contributed by atoms with Crippen LogP contribution in [0.1, 0.15) is 22.6 Å². The molecular weight excluding hydrogens is 456 g/mol. The van der Waals surface area contributed by atoms with Gasteiger partial charge in [-0.3, -0.25) is 4.79 Å². The lowest BCUT2D eigenvalue weighted by molar-refractivity contribution is -0.120. The summed E-state index contributed by atoms with van der Waals surface area (Å²) in [6.07, 6.45) is 1.69. The van der Waals surface area contributed by atoms with Crippen molar-refractivity contribution in [3.8, 4) is 11.5 Å². The summed E-state index contributed by atoms with van der Waals surface area (Å²) in [6, 6.07) is 30.8. The highest BCUT2D eigenvalue weighted by Gasteiger charge is 2.23. The standard InChI is InChI=1S/C28H22N4O2S/c33-26(24(20-8-3-1-4-9-20)21-10-5-2-6-11-21)32-28(35)30-18-19-13-15-22(16-14-19)27-31-25-23(34-27)12-7-17-29-25/h1-17,24H,18H2,(H2,30,32,33,35). The van der Waals surface area contributed by atoms with Crippen molar-refractivity contribution in [2.24, 2.45) is 0 Å². The summed E-state index contributed by atoms with van der Waals surface area (Å²) in [5, 5.41) is 6.25. The maximum Gasteiger partial charge on any atom is 0.238 e. The first-order valence-electron chi connectivity index (χ1n) is 11.2. The molecule has 35 heavy (non-hydrogen) atoms. The van der Waals surface area contributed by atoms with E-state index >= 15 is 0 Å². The van der Waals surface area contributed by atoms with Crippen molar-refractivity contribution in [3.05, 3.63) is 120 Å². The Labute approximate surface area is 208 Å². The van der Waals surface area contributed by atoms with Crippen LogP contribution in [-0.2, 0) is 11.3 Å². The molecular formula is C28H22N4O2S. The van der Waals surface area contributed by atoms with Gasteiger partial charge < -0.3 is 15.1 Å². The van der Waals surface area contributed by atoms with Gasteiger partial charge in [0, 0.05) is 18.3 Å². The molecule has 0 aliphatic carbocycles. The number of carbonyl (C=O) groups is 1. The molecule has 2 aromatic heterocycles. The Bertz CT molecular complexity index is 1380. The summed E-state index contributed by atoms with van der Waals surface area (Å²) < 4.78 is 5.77. The highest BCUT2D eigenvalue weighted by atomic mass is 32.1. The van der Waals surface area contributed by atoms with Crippen LogP contribution < -0.4 is 10.6 Å². The number of hydrogen-bond acceptors (Lipinski definition) is 5. The Balaban J connectivity index is 1.22. The molecule has 7 heteroatoms. The minimum Gasteiger partial charge on any atom is -0.434 e. The zero-order chi connectivity index (χ0) is 24.0. The van der Waals surface area contributed by atoms with Crippen LogP contribution in [0.15, 0.2) is 108 Å². The van der Waals surface area contributed by atoms with Crippen LogP contribution in [0.3, 0.4) is 0 Å². The van der Waals surface area contributed by atoms with Crippen LogP contribution in [0.2, 0.25) is 0 Å². The van der Waals surface area contributed by atoms with Crippen LogP contribution in [0.4, 0.5) is 0 Å². The maximum atomic E-state index is 13.2. The minimum absolute atomic E-state index is 0.181. The number of rotatable bonds is 6. The number of nitrogens with one attached hydrogen (secondary N) is 2. The molecule has 3 aromatic carbocycles. The summed E-state index contributed by atoms with van der Waals surface area (Å²) in [5.74, 6) is -0.115. The lowest BCUT2D eigenvalue weighted by Gasteiger charge is -2.18. The Morgan fingerprint density at radius 3 is 2.14 bits per heavy atom. The summed E-state index contributed by atoms with van der Waals surface area (Å²) in [4.78, 5) is 21.8. The van der Waals surface area contributed by atoms with Crippen molar-refractivity contribution in [2.75, 3.05) is 0 Å². The zero-order valence-corrected chi connectivity index (χ0v) is 19.5. The minimum atomic E-state index is -0.456. The predicted octanol–water partition coefficient (Wildman–Crippen LogP) is 5.21. The summed E-state index contributed by atoms with van der Waals surface area (Å²) in [6.45, 7) is 0.468. The zero-order valence-electron chi connectivity index (χ0n) is 18.7. The van der Waals surface area contributed by atoms with Crippen LogP contribution in [0.5, 0.6) is 0 Å². The van der Waals surface area contributed by atoms with Crippen molar-refractivity contribution < 1.29 is 9.21 Å². The number of fused-ring (bicyclic) bond motifs is 1. The van der Waals surface area contributed by atoms with Crippen molar-refractivity contribution in [3.63, 3.8) is 0 Å². The normalized spacial score (nSPS) is 10.9. The van der Waals surface area contributed by atoms with Crippen molar-refractivity contribution in [1.29, 1.82) is 0 Å². The quantitative estimate of drug-likeness (QED) is 0.326. The third-order valence-corrected chi connectivity index (χ3v) is 5.83. The van der Waals surface area contributed by atoms with Crippen LogP contribution in [0, 0.1) is 0 Å². The van der Waals surface area contributed by atoms with Gasteiger partial charge in [-0.25, -0.2) is 4.98 Å². The van der Waals surface area contributed by atoms with Crippen molar-refractivity contribution >= 4 is 34.5 Å². The largest absolute Gasteiger partial charge is 0.434 e. The van der Waals surface area contributed by atoms with Gasteiger partial charge in [-0.15, -0.1) is 0 Å². The molecule has 2 N–H and O–H groups in total. The smallest absolute Gasteiger partial charge is 0.238 e. The predicted molar refractivity (Wildman–Crippen MR) is 140 cm³/mol. The molecule has 0 fully saturated rings. The molecule has 0 radical (unpaired) electrons. The molecule has 0 saturated carbocycles. The molecule has 0 spiro atoms. The van der Waals surface area contributed by atoms with Gasteiger partial charge in [-0.1, -0.05) is 72.8 Å². The Morgan fingerprint density at radius 1 is 0.857 bits per heavy atom. The third-order valence-electron chi connectivity index (χ3n) is 5.58. The second kappa shape index (κ2) is 10.3. The van der Waals surface area contributed by atoms with E-state index < -0.39 is 5.92 Å². The monoisotopic (exact) mass is 478 g/mol. The number of oxazole rings is 1.